The van der Waals surface area contributed by atoms with E-state index in [2.05, 4.69) is 33.1 Å². The molecule has 0 spiro atoms. The van der Waals surface area contributed by atoms with E-state index in [9.17, 15) is 9.59 Å². The van der Waals surface area contributed by atoms with Gasteiger partial charge in [0.2, 0.25) is 11.0 Å². The number of carbonyl (C=O) groups excluding carboxylic acids is 2. The number of aromatic nitrogens is 2. The van der Waals surface area contributed by atoms with Gasteiger partial charge >= 0.3 is 6.03 Å². The molecule has 1 heterocycles. The molecule has 2 aromatic rings. The van der Waals surface area contributed by atoms with Gasteiger partial charge in [0.1, 0.15) is 0 Å². The van der Waals surface area contributed by atoms with Crippen molar-refractivity contribution in [1.29, 1.82) is 0 Å². The molecule has 0 unspecified atom stereocenters. The third kappa shape index (κ3) is 6.55. The second kappa shape index (κ2) is 9.89. The van der Waals surface area contributed by atoms with Crippen LogP contribution in [0.5, 0.6) is 0 Å². The van der Waals surface area contributed by atoms with Gasteiger partial charge < -0.3 is 10.6 Å². The molecule has 0 bridgehead atoms. The standard InChI is InChI=1S/C15H19N5O2S2/c1-2-8-16-14-19-20-15(24-14)23-10-12(21)18-13(22)17-9-11-6-4-3-5-7-11/h3-7H,2,8-10H2,1H3,(H,16,19)(H2,17,18,21,22). The monoisotopic (exact) mass is 365 g/mol. The van der Waals surface area contributed by atoms with E-state index in [4.69, 9.17) is 0 Å². The van der Waals surface area contributed by atoms with E-state index in [1.165, 1.54) is 23.1 Å². The Balaban J connectivity index is 1.67. The zero-order valence-electron chi connectivity index (χ0n) is 13.2. The summed E-state index contributed by atoms with van der Waals surface area (Å²) >= 11 is 2.64. The van der Waals surface area contributed by atoms with Crippen LogP contribution in [0.3, 0.4) is 0 Å². The summed E-state index contributed by atoms with van der Waals surface area (Å²) < 4.78 is 0.688. The van der Waals surface area contributed by atoms with Gasteiger partial charge in [-0.05, 0) is 12.0 Å². The smallest absolute Gasteiger partial charge is 0.321 e. The molecule has 0 saturated heterocycles. The van der Waals surface area contributed by atoms with E-state index in [1.54, 1.807) is 0 Å². The van der Waals surface area contributed by atoms with E-state index in [1.807, 2.05) is 30.3 Å². The van der Waals surface area contributed by atoms with E-state index in [0.29, 0.717) is 10.9 Å². The number of anilines is 1. The Labute approximate surface area is 148 Å². The molecular weight excluding hydrogens is 346 g/mol. The van der Waals surface area contributed by atoms with Crippen molar-refractivity contribution in [1.82, 2.24) is 20.8 Å². The lowest BCUT2D eigenvalue weighted by atomic mass is 10.2. The zero-order valence-corrected chi connectivity index (χ0v) is 14.9. The summed E-state index contributed by atoms with van der Waals surface area (Å²) in [6, 6.07) is 8.98. The van der Waals surface area contributed by atoms with Crippen LogP contribution in [0, 0.1) is 0 Å². The molecule has 1 aromatic carbocycles. The fourth-order valence-electron chi connectivity index (χ4n) is 1.68. The highest BCUT2D eigenvalue weighted by atomic mass is 32.2. The lowest BCUT2D eigenvalue weighted by molar-refractivity contribution is -0.117. The highest BCUT2D eigenvalue weighted by Crippen LogP contribution is 2.25. The van der Waals surface area contributed by atoms with Crippen molar-refractivity contribution in [3.8, 4) is 0 Å². The number of hydrogen-bond acceptors (Lipinski definition) is 7. The molecule has 3 N–H and O–H groups in total. The van der Waals surface area contributed by atoms with Gasteiger partial charge in [0, 0.05) is 13.1 Å². The van der Waals surface area contributed by atoms with E-state index >= 15 is 0 Å². The molecule has 2 rings (SSSR count). The van der Waals surface area contributed by atoms with E-state index < -0.39 is 6.03 Å². The number of nitrogens with one attached hydrogen (secondary N) is 3. The number of imide groups is 1. The number of nitrogens with zero attached hydrogens (tertiary/aromatic N) is 2. The molecule has 0 radical (unpaired) electrons. The number of thioether (sulfide) groups is 1. The minimum absolute atomic E-state index is 0.112. The van der Waals surface area contributed by atoms with Gasteiger partial charge in [0.05, 0.1) is 5.75 Å². The number of rotatable bonds is 8. The quantitative estimate of drug-likeness (QED) is 0.622. The first-order valence-corrected chi connectivity index (χ1v) is 9.29. The first kappa shape index (κ1) is 18.2. The van der Waals surface area contributed by atoms with Gasteiger partial charge in [0.15, 0.2) is 4.34 Å². The second-order valence-electron chi connectivity index (χ2n) is 4.81. The van der Waals surface area contributed by atoms with Crippen LogP contribution >= 0.6 is 23.1 Å². The number of carbonyl (C=O) groups is 2. The predicted molar refractivity (Wildman–Crippen MR) is 96.2 cm³/mol. The maximum absolute atomic E-state index is 11.8. The van der Waals surface area contributed by atoms with E-state index in [0.717, 1.165) is 23.7 Å². The average Bonchev–Trinajstić information content (AvgIpc) is 3.05. The maximum Gasteiger partial charge on any atom is 0.321 e. The third-order valence-electron chi connectivity index (χ3n) is 2.81. The molecule has 9 heteroatoms. The van der Waals surface area contributed by atoms with Crippen molar-refractivity contribution >= 4 is 40.2 Å². The number of amides is 3. The van der Waals surface area contributed by atoms with Crippen LogP contribution in [0.15, 0.2) is 34.7 Å². The highest BCUT2D eigenvalue weighted by Gasteiger charge is 2.10. The SMILES string of the molecule is CCCNc1nnc(SCC(=O)NC(=O)NCc2ccccc2)s1. The molecule has 0 aliphatic rings. The number of urea groups is 1. The zero-order chi connectivity index (χ0) is 17.2. The Kier molecular flexibility index (Phi) is 7.50. The van der Waals surface area contributed by atoms with Crippen molar-refractivity contribution in [2.75, 3.05) is 17.6 Å². The predicted octanol–water partition coefficient (Wildman–Crippen LogP) is 2.48. The van der Waals surface area contributed by atoms with Crippen LogP contribution in [-0.2, 0) is 11.3 Å². The van der Waals surface area contributed by atoms with Crippen molar-refractivity contribution in [3.63, 3.8) is 0 Å². The Morgan fingerprint density at radius 3 is 2.75 bits per heavy atom. The Morgan fingerprint density at radius 2 is 2.00 bits per heavy atom. The molecule has 128 valence electrons. The summed E-state index contributed by atoms with van der Waals surface area (Å²) in [4.78, 5) is 23.4. The minimum Gasteiger partial charge on any atom is -0.360 e. The van der Waals surface area contributed by atoms with Crippen LogP contribution in [0.4, 0.5) is 9.93 Å². The lowest BCUT2D eigenvalue weighted by Crippen LogP contribution is -2.39. The summed E-state index contributed by atoms with van der Waals surface area (Å²) in [6.07, 6.45) is 1.00. The summed E-state index contributed by atoms with van der Waals surface area (Å²) in [7, 11) is 0. The fraction of sp³-hybridized carbons (Fsp3) is 0.333. The first-order valence-electron chi connectivity index (χ1n) is 7.49. The van der Waals surface area contributed by atoms with Gasteiger partial charge in [-0.2, -0.15) is 0 Å². The number of hydrogen-bond donors (Lipinski definition) is 3. The van der Waals surface area contributed by atoms with Gasteiger partial charge in [-0.25, -0.2) is 4.79 Å². The highest BCUT2D eigenvalue weighted by molar-refractivity contribution is 8.01. The van der Waals surface area contributed by atoms with Gasteiger partial charge in [-0.15, -0.1) is 10.2 Å². The maximum atomic E-state index is 11.8. The Hall–Kier alpha value is -2.13. The van der Waals surface area contributed by atoms with Gasteiger partial charge in [0.25, 0.3) is 0 Å². The van der Waals surface area contributed by atoms with Crippen molar-refractivity contribution in [3.05, 3.63) is 35.9 Å². The first-order chi connectivity index (χ1) is 11.7. The normalized spacial score (nSPS) is 10.2. The third-order valence-corrected chi connectivity index (χ3v) is 4.82. The Morgan fingerprint density at radius 1 is 1.21 bits per heavy atom. The molecule has 0 aliphatic heterocycles. The molecule has 0 atom stereocenters. The fourth-order valence-corrected chi connectivity index (χ4v) is 3.26. The minimum atomic E-state index is -0.507. The lowest BCUT2D eigenvalue weighted by Gasteiger charge is -2.06. The summed E-state index contributed by atoms with van der Waals surface area (Å²) in [5.41, 5.74) is 0.968. The van der Waals surface area contributed by atoms with Gasteiger partial charge in [-0.3, -0.25) is 10.1 Å². The number of benzene rings is 1. The molecular formula is C15H19N5O2S2. The molecule has 0 fully saturated rings. The van der Waals surface area contributed by atoms with Crippen LogP contribution in [-0.4, -0.2) is 34.4 Å². The summed E-state index contributed by atoms with van der Waals surface area (Å²) in [5.74, 6) is -0.259. The van der Waals surface area contributed by atoms with E-state index in [-0.39, 0.29) is 11.7 Å². The largest absolute Gasteiger partial charge is 0.360 e. The van der Waals surface area contributed by atoms with Gasteiger partial charge in [-0.1, -0.05) is 60.4 Å². The Bertz CT molecular complexity index is 663. The van der Waals surface area contributed by atoms with Crippen molar-refractivity contribution in [2.24, 2.45) is 0 Å². The molecule has 24 heavy (non-hydrogen) atoms. The summed E-state index contributed by atoms with van der Waals surface area (Å²) in [6.45, 7) is 3.27. The average molecular weight is 365 g/mol. The molecule has 0 aliphatic carbocycles. The topological polar surface area (TPSA) is 96.0 Å². The molecule has 1 aromatic heterocycles. The van der Waals surface area contributed by atoms with Crippen LogP contribution in [0.25, 0.3) is 0 Å². The summed E-state index contributed by atoms with van der Waals surface area (Å²) in [5, 5.41) is 16.8. The van der Waals surface area contributed by atoms with Crippen molar-refractivity contribution < 1.29 is 9.59 Å². The van der Waals surface area contributed by atoms with Crippen LogP contribution < -0.4 is 16.0 Å². The van der Waals surface area contributed by atoms with Crippen molar-refractivity contribution in [2.45, 2.75) is 24.2 Å². The van der Waals surface area contributed by atoms with Crippen LogP contribution in [0.1, 0.15) is 18.9 Å². The molecule has 3 amide bonds. The van der Waals surface area contributed by atoms with Crippen LogP contribution in [0.2, 0.25) is 0 Å². The second-order valence-corrected chi connectivity index (χ2v) is 7.01. The molecule has 7 nitrogen and oxygen atoms in total. The molecule has 0 saturated carbocycles.